The maximum atomic E-state index is 12.5. The second-order valence-corrected chi connectivity index (χ2v) is 5.93. The predicted octanol–water partition coefficient (Wildman–Crippen LogP) is 3.14. The Kier molecular flexibility index (Phi) is 6.30. The van der Waals surface area contributed by atoms with Crippen molar-refractivity contribution in [3.8, 4) is 0 Å². The van der Waals surface area contributed by atoms with Crippen molar-refractivity contribution in [2.45, 2.75) is 46.1 Å². The monoisotopic (exact) mass is 292 g/mol. The first kappa shape index (κ1) is 16.1. The van der Waals surface area contributed by atoms with E-state index in [2.05, 4.69) is 23.6 Å². The summed E-state index contributed by atoms with van der Waals surface area (Å²) in [5.74, 6) is 1.59. The van der Waals surface area contributed by atoms with Gasteiger partial charge >= 0.3 is 0 Å². The molecule has 1 aromatic heterocycles. The van der Waals surface area contributed by atoms with Crippen LogP contribution in [0.2, 0.25) is 0 Å². The molecule has 21 heavy (non-hydrogen) atoms. The number of rotatable bonds is 7. The number of unbranched alkanes of at least 4 members (excludes halogenated alkanes) is 1. The van der Waals surface area contributed by atoms with E-state index in [9.17, 15) is 4.79 Å². The molecular weight excluding hydrogens is 264 g/mol. The van der Waals surface area contributed by atoms with Gasteiger partial charge in [0.15, 0.2) is 0 Å². The zero-order valence-electron chi connectivity index (χ0n) is 13.4. The van der Waals surface area contributed by atoms with Gasteiger partial charge in [-0.25, -0.2) is 0 Å². The molecule has 1 aromatic rings. The fourth-order valence-electron chi connectivity index (χ4n) is 2.96. The number of hydrogen-bond acceptors (Lipinski definition) is 3. The Morgan fingerprint density at radius 1 is 1.29 bits per heavy atom. The molecule has 1 aliphatic rings. The van der Waals surface area contributed by atoms with Crippen molar-refractivity contribution in [1.29, 1.82) is 0 Å². The van der Waals surface area contributed by atoms with Crippen molar-refractivity contribution in [3.05, 3.63) is 24.2 Å². The normalized spacial score (nSPS) is 17.9. The van der Waals surface area contributed by atoms with E-state index in [1.54, 1.807) is 6.26 Å². The molecule has 0 aromatic carbocycles. The quantitative estimate of drug-likeness (QED) is 0.774. The van der Waals surface area contributed by atoms with Crippen molar-refractivity contribution in [3.63, 3.8) is 0 Å². The van der Waals surface area contributed by atoms with Crippen LogP contribution in [0.5, 0.6) is 0 Å². The van der Waals surface area contributed by atoms with Gasteiger partial charge in [-0.15, -0.1) is 0 Å². The Balaban J connectivity index is 1.78. The predicted molar refractivity (Wildman–Crippen MR) is 83.9 cm³/mol. The molecule has 1 atom stereocenters. The minimum atomic E-state index is 0.224. The molecule has 0 N–H and O–H groups in total. The van der Waals surface area contributed by atoms with Crippen LogP contribution in [0.1, 0.15) is 45.3 Å². The number of carbonyl (C=O) groups excluding carboxylic acids is 1. The summed E-state index contributed by atoms with van der Waals surface area (Å²) in [5, 5.41) is 0. The molecule has 1 saturated heterocycles. The molecule has 4 heteroatoms. The summed E-state index contributed by atoms with van der Waals surface area (Å²) in [4.78, 5) is 17.0. The first-order valence-electron chi connectivity index (χ1n) is 8.28. The highest BCUT2D eigenvalue weighted by molar-refractivity contribution is 5.78. The lowest BCUT2D eigenvalue weighted by Gasteiger charge is -2.36. The van der Waals surface area contributed by atoms with Crippen LogP contribution in [0.3, 0.4) is 0 Å². The van der Waals surface area contributed by atoms with E-state index in [1.807, 2.05) is 12.1 Å². The SMILES string of the molecule is CCCC[C@H](CC)C(=O)N1CCN(Cc2ccco2)CC1. The van der Waals surface area contributed by atoms with E-state index in [1.165, 1.54) is 6.42 Å². The maximum absolute atomic E-state index is 12.5. The van der Waals surface area contributed by atoms with Crippen LogP contribution in [0.25, 0.3) is 0 Å². The van der Waals surface area contributed by atoms with Crippen molar-refractivity contribution in [1.82, 2.24) is 9.80 Å². The molecule has 0 spiro atoms. The number of furan rings is 1. The van der Waals surface area contributed by atoms with Gasteiger partial charge in [-0.2, -0.15) is 0 Å². The fourth-order valence-corrected chi connectivity index (χ4v) is 2.96. The maximum Gasteiger partial charge on any atom is 0.225 e. The smallest absolute Gasteiger partial charge is 0.225 e. The second-order valence-electron chi connectivity index (χ2n) is 5.93. The van der Waals surface area contributed by atoms with E-state index >= 15 is 0 Å². The van der Waals surface area contributed by atoms with Crippen molar-refractivity contribution in [2.24, 2.45) is 5.92 Å². The molecule has 1 aliphatic heterocycles. The van der Waals surface area contributed by atoms with Gasteiger partial charge in [0, 0.05) is 32.1 Å². The average Bonchev–Trinajstić information content (AvgIpc) is 3.01. The first-order chi connectivity index (χ1) is 10.2. The van der Waals surface area contributed by atoms with Gasteiger partial charge in [-0.3, -0.25) is 9.69 Å². The van der Waals surface area contributed by atoms with Gasteiger partial charge in [-0.05, 0) is 25.0 Å². The van der Waals surface area contributed by atoms with Gasteiger partial charge in [0.25, 0.3) is 0 Å². The molecule has 2 rings (SSSR count). The Bertz CT molecular complexity index is 408. The minimum absolute atomic E-state index is 0.224. The summed E-state index contributed by atoms with van der Waals surface area (Å²) in [6.07, 6.45) is 6.04. The molecule has 2 heterocycles. The molecule has 1 fully saturated rings. The van der Waals surface area contributed by atoms with Gasteiger partial charge in [0.1, 0.15) is 5.76 Å². The van der Waals surface area contributed by atoms with E-state index in [4.69, 9.17) is 4.42 Å². The summed E-state index contributed by atoms with van der Waals surface area (Å²) < 4.78 is 5.39. The molecule has 118 valence electrons. The molecule has 0 radical (unpaired) electrons. The van der Waals surface area contributed by atoms with Gasteiger partial charge in [0.05, 0.1) is 12.8 Å². The number of amides is 1. The summed E-state index contributed by atoms with van der Waals surface area (Å²) in [6, 6.07) is 3.93. The van der Waals surface area contributed by atoms with Crippen LogP contribution in [0.15, 0.2) is 22.8 Å². The highest BCUT2D eigenvalue weighted by Crippen LogP contribution is 2.18. The van der Waals surface area contributed by atoms with Crippen molar-refractivity contribution < 1.29 is 9.21 Å². The first-order valence-corrected chi connectivity index (χ1v) is 8.28. The standard InChI is InChI=1S/C17H28N2O2/c1-3-5-7-15(4-2)17(20)19-11-9-18(10-12-19)14-16-8-6-13-21-16/h6,8,13,15H,3-5,7,9-12,14H2,1-2H3/t15-/m0/s1. The van der Waals surface area contributed by atoms with Crippen molar-refractivity contribution in [2.75, 3.05) is 26.2 Å². The number of nitrogens with zero attached hydrogens (tertiary/aromatic N) is 2. The van der Waals surface area contributed by atoms with Crippen LogP contribution < -0.4 is 0 Å². The van der Waals surface area contributed by atoms with Crippen LogP contribution in [0, 0.1) is 5.92 Å². The Hall–Kier alpha value is -1.29. The molecule has 0 unspecified atom stereocenters. The number of piperazine rings is 1. The van der Waals surface area contributed by atoms with Crippen molar-refractivity contribution >= 4 is 5.91 Å². The van der Waals surface area contributed by atoms with E-state index in [0.717, 1.165) is 57.7 Å². The summed E-state index contributed by atoms with van der Waals surface area (Å²) >= 11 is 0. The average molecular weight is 292 g/mol. The number of carbonyl (C=O) groups is 1. The highest BCUT2D eigenvalue weighted by atomic mass is 16.3. The molecule has 1 amide bonds. The van der Waals surface area contributed by atoms with Crippen LogP contribution in [-0.4, -0.2) is 41.9 Å². The largest absolute Gasteiger partial charge is 0.468 e. The molecule has 0 bridgehead atoms. The van der Waals surface area contributed by atoms with Crippen LogP contribution in [0.4, 0.5) is 0 Å². The van der Waals surface area contributed by atoms with Gasteiger partial charge < -0.3 is 9.32 Å². The van der Waals surface area contributed by atoms with Crippen LogP contribution in [-0.2, 0) is 11.3 Å². The molecule has 0 aliphatic carbocycles. The third-order valence-corrected chi connectivity index (χ3v) is 4.39. The van der Waals surface area contributed by atoms with E-state index < -0.39 is 0 Å². The lowest BCUT2D eigenvalue weighted by Crippen LogP contribution is -2.49. The fraction of sp³-hybridized carbons (Fsp3) is 0.706. The molecule has 4 nitrogen and oxygen atoms in total. The Morgan fingerprint density at radius 3 is 2.62 bits per heavy atom. The van der Waals surface area contributed by atoms with E-state index in [0.29, 0.717) is 5.91 Å². The molecule has 0 saturated carbocycles. The number of hydrogen-bond donors (Lipinski definition) is 0. The molecular formula is C17H28N2O2. The topological polar surface area (TPSA) is 36.7 Å². The summed E-state index contributed by atoms with van der Waals surface area (Å²) in [7, 11) is 0. The lowest BCUT2D eigenvalue weighted by atomic mass is 9.97. The third-order valence-electron chi connectivity index (χ3n) is 4.39. The third kappa shape index (κ3) is 4.60. The van der Waals surface area contributed by atoms with Crippen LogP contribution >= 0.6 is 0 Å². The van der Waals surface area contributed by atoms with E-state index in [-0.39, 0.29) is 5.92 Å². The Morgan fingerprint density at radius 2 is 2.05 bits per heavy atom. The highest BCUT2D eigenvalue weighted by Gasteiger charge is 2.26. The zero-order chi connectivity index (χ0) is 15.1. The van der Waals surface area contributed by atoms with Gasteiger partial charge in [0.2, 0.25) is 5.91 Å². The Labute approximate surface area is 128 Å². The minimum Gasteiger partial charge on any atom is -0.468 e. The zero-order valence-corrected chi connectivity index (χ0v) is 13.4. The lowest BCUT2D eigenvalue weighted by molar-refractivity contribution is -0.137. The summed E-state index contributed by atoms with van der Waals surface area (Å²) in [6.45, 7) is 8.75. The van der Waals surface area contributed by atoms with Gasteiger partial charge in [-0.1, -0.05) is 26.7 Å². The summed E-state index contributed by atoms with van der Waals surface area (Å²) in [5.41, 5.74) is 0. The second kappa shape index (κ2) is 8.23.